The summed E-state index contributed by atoms with van der Waals surface area (Å²) in [5, 5.41) is 40.2. The zero-order valence-electron chi connectivity index (χ0n) is 38.6. The fourth-order valence-corrected chi connectivity index (χ4v) is 10.8. The molecular weight excluding hydrogens is 831 g/mol. The summed E-state index contributed by atoms with van der Waals surface area (Å²) in [6.07, 6.45) is -6.42. The van der Waals surface area contributed by atoms with Gasteiger partial charge in [0.1, 0.15) is 29.5 Å². The van der Waals surface area contributed by atoms with Crippen LogP contribution in [0.5, 0.6) is 0 Å². The number of alkyl carbamates (subject to hydrolysis) is 1. The third kappa shape index (κ3) is 8.87. The number of fused-ring (bicyclic) bond motifs is 5. The average molecular weight is 896 g/mol. The maximum absolute atomic E-state index is 15.9. The molecule has 6 rings (SSSR count). The molecule has 1 aliphatic heterocycles. The van der Waals surface area contributed by atoms with Gasteiger partial charge in [0.15, 0.2) is 23.6 Å². The minimum atomic E-state index is -2.39. The van der Waals surface area contributed by atoms with Gasteiger partial charge in [-0.1, -0.05) is 63.0 Å². The van der Waals surface area contributed by atoms with Crippen LogP contribution in [0.15, 0.2) is 53.1 Å². The van der Waals surface area contributed by atoms with E-state index < -0.39 is 124 Å². The van der Waals surface area contributed by atoms with Crippen LogP contribution in [0, 0.1) is 22.7 Å². The highest BCUT2D eigenvalue weighted by Gasteiger charge is 2.78. The normalized spacial score (nSPS) is 33.2. The predicted octanol–water partition coefficient (Wildman–Crippen LogP) is 4.98. The van der Waals surface area contributed by atoms with Gasteiger partial charge in [0, 0.05) is 25.2 Å². The number of Topliss-reactive ketones (excluding diaryl/α,β-unsaturated/α-hetero) is 1. The second kappa shape index (κ2) is 18.0. The minimum absolute atomic E-state index is 0.0385. The van der Waals surface area contributed by atoms with Crippen LogP contribution in [0.1, 0.15) is 125 Å². The molecule has 0 unspecified atom stereocenters. The Hall–Kier alpha value is -4.64. The fourth-order valence-electron chi connectivity index (χ4n) is 10.8. The fraction of sp³-hybridized carbons (Fsp3) is 0.667. The molecule has 5 aliphatic rings. The molecule has 0 radical (unpaired) electrons. The Bertz CT molecular complexity index is 2060. The molecule has 4 aliphatic carbocycles. The van der Waals surface area contributed by atoms with Gasteiger partial charge in [-0.05, 0) is 84.6 Å². The van der Waals surface area contributed by atoms with Crippen LogP contribution in [-0.2, 0) is 47.6 Å². The van der Waals surface area contributed by atoms with E-state index in [4.69, 9.17) is 28.4 Å². The lowest BCUT2D eigenvalue weighted by Gasteiger charge is -2.67. The molecule has 1 saturated heterocycles. The van der Waals surface area contributed by atoms with Crippen molar-refractivity contribution in [2.45, 2.75) is 174 Å². The number of esters is 4. The third-order valence-electron chi connectivity index (χ3n) is 14.1. The van der Waals surface area contributed by atoms with Gasteiger partial charge in [-0.25, -0.2) is 14.4 Å². The molecule has 64 heavy (non-hydrogen) atoms. The van der Waals surface area contributed by atoms with Crippen LogP contribution >= 0.6 is 0 Å². The number of aliphatic hydroxyl groups excluding tert-OH is 2. The number of nitrogens with one attached hydrogen (secondary N) is 1. The number of allylic oxidation sites excluding steroid dienone is 1. The van der Waals surface area contributed by atoms with Gasteiger partial charge >= 0.3 is 30.0 Å². The zero-order chi connectivity index (χ0) is 47.3. The van der Waals surface area contributed by atoms with Crippen molar-refractivity contribution in [1.82, 2.24) is 5.32 Å². The largest absolute Gasteiger partial charge is 0.456 e. The quantitative estimate of drug-likeness (QED) is 0.138. The van der Waals surface area contributed by atoms with E-state index in [1.165, 1.54) is 32.1 Å². The van der Waals surface area contributed by atoms with Crippen LogP contribution in [0.3, 0.4) is 0 Å². The second-order valence-electron chi connectivity index (χ2n) is 20.2. The minimum Gasteiger partial charge on any atom is -0.456 e. The number of aliphatic hydroxyl groups is 3. The van der Waals surface area contributed by atoms with Crippen molar-refractivity contribution in [1.29, 1.82) is 0 Å². The van der Waals surface area contributed by atoms with Crippen molar-refractivity contribution in [2.24, 2.45) is 22.7 Å². The van der Waals surface area contributed by atoms with Crippen LogP contribution < -0.4 is 5.32 Å². The summed E-state index contributed by atoms with van der Waals surface area (Å²) >= 11 is 0. The number of hydrogen-bond donors (Lipinski definition) is 4. The van der Waals surface area contributed by atoms with Crippen LogP contribution in [0.2, 0.25) is 0 Å². The molecule has 4 N–H and O–H groups in total. The van der Waals surface area contributed by atoms with E-state index in [2.05, 4.69) is 5.32 Å². The lowest BCUT2D eigenvalue weighted by atomic mass is 9.44. The SMILES string of the molecule is CC(=O)O[C@@]12CO[C@@H]1C[C@H](O)[C@@]1(C)C(=O)[C@H](OC(=O)C3CCCCC3)C3=C(C)[C@@H](OC(=O)[C@H](O)[C@H](C=C(C)C)NC(=O)OC(C)(C)C)C[C@@](O)([C@@H](OC(=O)c4ccccc4)[C@H]21)C3(C)C. The Morgan fingerprint density at radius 3 is 2.16 bits per heavy atom. The van der Waals surface area contributed by atoms with Gasteiger partial charge in [0.25, 0.3) is 0 Å². The smallest absolute Gasteiger partial charge is 0.408 e. The van der Waals surface area contributed by atoms with Crippen molar-refractivity contribution >= 4 is 35.8 Å². The molecule has 3 saturated carbocycles. The first kappa shape index (κ1) is 48.8. The Kier molecular flexibility index (Phi) is 13.7. The Morgan fingerprint density at radius 1 is 0.953 bits per heavy atom. The van der Waals surface area contributed by atoms with E-state index in [0.29, 0.717) is 18.4 Å². The number of rotatable bonds is 10. The maximum atomic E-state index is 15.9. The first-order valence-electron chi connectivity index (χ1n) is 22.2. The maximum Gasteiger partial charge on any atom is 0.408 e. The first-order valence-corrected chi connectivity index (χ1v) is 22.2. The third-order valence-corrected chi connectivity index (χ3v) is 14.1. The van der Waals surface area contributed by atoms with E-state index >= 15 is 4.79 Å². The van der Waals surface area contributed by atoms with E-state index in [-0.39, 0.29) is 29.7 Å². The molecule has 1 amide bonds. The topological polar surface area (TPSA) is 231 Å². The Morgan fingerprint density at radius 2 is 1.59 bits per heavy atom. The Balaban J connectivity index is 1.56. The van der Waals surface area contributed by atoms with Crippen molar-refractivity contribution in [3.63, 3.8) is 0 Å². The number of ketones is 1. The van der Waals surface area contributed by atoms with Gasteiger partial charge in [-0.15, -0.1) is 0 Å². The van der Waals surface area contributed by atoms with E-state index in [9.17, 15) is 39.3 Å². The van der Waals surface area contributed by atoms with E-state index in [1.807, 2.05) is 0 Å². The second-order valence-corrected chi connectivity index (χ2v) is 20.2. The number of benzene rings is 1. The number of carbonyl (C=O) groups is 6. The molecular formula is C48H65NO15. The number of hydrogen-bond acceptors (Lipinski definition) is 15. The van der Waals surface area contributed by atoms with Crippen LogP contribution in [0.4, 0.5) is 4.79 Å². The molecule has 1 aromatic carbocycles. The molecule has 0 spiro atoms. The molecule has 4 fully saturated rings. The summed E-state index contributed by atoms with van der Waals surface area (Å²) in [5.41, 5.74) is -7.83. The summed E-state index contributed by atoms with van der Waals surface area (Å²) in [6.45, 7) is 15.4. The van der Waals surface area contributed by atoms with Gasteiger partial charge < -0.3 is 49.1 Å². The monoisotopic (exact) mass is 895 g/mol. The lowest BCUT2D eigenvalue weighted by molar-refractivity contribution is -0.346. The molecule has 1 aromatic rings. The standard InChI is InChI=1S/C48H65NO15/c1-25(2)21-30(49-43(57)64-44(5,6)7)35(52)42(56)60-31-23-48(58)39(62-41(55)29-19-15-12-16-20-29)37-46(10,32(51)22-33-47(37,24-59-33)63-27(4)50)38(53)36(34(26(31)3)45(48,8)9)61-40(54)28-17-13-11-14-18-28/h12,15-16,19-21,28,30-33,35-37,39,51-52,58H,11,13-14,17-18,22-24H2,1-10H3,(H,49,57)/t30-,31-,32-,33+,35+,36+,37-,39-,46+,47-,48+/m0/s1. The molecule has 11 atom stereocenters. The van der Waals surface area contributed by atoms with Crippen molar-refractivity contribution in [3.8, 4) is 0 Å². The number of amides is 1. The predicted molar refractivity (Wildman–Crippen MR) is 228 cm³/mol. The van der Waals surface area contributed by atoms with Gasteiger partial charge in [-0.3, -0.25) is 14.4 Å². The van der Waals surface area contributed by atoms with Crippen molar-refractivity contribution in [3.05, 3.63) is 58.7 Å². The zero-order valence-corrected chi connectivity index (χ0v) is 38.6. The molecule has 16 nitrogen and oxygen atoms in total. The van der Waals surface area contributed by atoms with Gasteiger partial charge in [0.2, 0.25) is 0 Å². The molecule has 0 aromatic heterocycles. The molecule has 352 valence electrons. The van der Waals surface area contributed by atoms with Crippen molar-refractivity contribution < 1.29 is 72.5 Å². The van der Waals surface area contributed by atoms with Gasteiger partial charge in [0.05, 0.1) is 41.6 Å². The van der Waals surface area contributed by atoms with Crippen LogP contribution in [0.25, 0.3) is 0 Å². The van der Waals surface area contributed by atoms with Crippen molar-refractivity contribution in [2.75, 3.05) is 6.61 Å². The van der Waals surface area contributed by atoms with E-state index in [0.717, 1.165) is 19.3 Å². The highest BCUT2D eigenvalue weighted by Crippen LogP contribution is 2.64. The lowest BCUT2D eigenvalue weighted by Crippen LogP contribution is -2.82. The summed E-state index contributed by atoms with van der Waals surface area (Å²) in [6, 6.07) is 6.56. The van der Waals surface area contributed by atoms with Gasteiger partial charge in [-0.2, -0.15) is 0 Å². The highest BCUT2D eigenvalue weighted by molar-refractivity contribution is 5.96. The summed E-state index contributed by atoms with van der Waals surface area (Å²) < 4.78 is 36.3. The van der Waals surface area contributed by atoms with Crippen LogP contribution in [-0.4, -0.2) is 117 Å². The molecule has 1 heterocycles. The highest BCUT2D eigenvalue weighted by atomic mass is 16.6. The Labute approximate surface area is 374 Å². The molecule has 16 heteroatoms. The summed E-state index contributed by atoms with van der Waals surface area (Å²) in [4.78, 5) is 84.7. The number of ether oxygens (including phenoxy) is 6. The molecule has 2 bridgehead atoms. The average Bonchev–Trinajstić information content (AvgIpc) is 3.20. The first-order chi connectivity index (χ1) is 29.8. The van der Waals surface area contributed by atoms with E-state index in [1.54, 1.807) is 73.6 Å². The summed E-state index contributed by atoms with van der Waals surface area (Å²) in [7, 11) is 0. The number of carbonyl (C=O) groups excluding carboxylic acids is 6. The summed E-state index contributed by atoms with van der Waals surface area (Å²) in [5.74, 6) is -6.50.